The second-order valence-corrected chi connectivity index (χ2v) is 7.73. The predicted octanol–water partition coefficient (Wildman–Crippen LogP) is 2.17. The van der Waals surface area contributed by atoms with Crippen LogP contribution in [0.1, 0.15) is 29.3 Å². The van der Waals surface area contributed by atoms with Crippen LogP contribution in [0.4, 0.5) is 0 Å². The van der Waals surface area contributed by atoms with Crippen LogP contribution >= 0.6 is 0 Å². The maximum atomic E-state index is 13.3. The fraction of sp³-hybridized carbons (Fsp3) is 0.381. The summed E-state index contributed by atoms with van der Waals surface area (Å²) in [7, 11) is 0. The molecule has 2 aliphatic heterocycles. The lowest BCUT2D eigenvalue weighted by molar-refractivity contribution is 0.257. The van der Waals surface area contributed by atoms with E-state index in [2.05, 4.69) is 27.4 Å². The molecule has 1 N–H and O–H groups in total. The Morgan fingerprint density at radius 1 is 1.19 bits per heavy atom. The summed E-state index contributed by atoms with van der Waals surface area (Å²) >= 11 is 0. The van der Waals surface area contributed by atoms with Crippen LogP contribution in [0.25, 0.3) is 11.4 Å². The number of hydrogen-bond acceptors (Lipinski definition) is 4. The van der Waals surface area contributed by atoms with Crippen molar-refractivity contribution in [3.05, 3.63) is 70.2 Å². The Morgan fingerprint density at radius 2 is 2.11 bits per heavy atom. The van der Waals surface area contributed by atoms with Crippen molar-refractivity contribution in [2.75, 3.05) is 13.1 Å². The molecule has 0 spiro atoms. The lowest BCUT2D eigenvalue weighted by atomic mass is 9.84. The summed E-state index contributed by atoms with van der Waals surface area (Å²) in [6.45, 7) is 5.43. The lowest BCUT2D eigenvalue weighted by Gasteiger charge is -2.37. The van der Waals surface area contributed by atoms with E-state index >= 15 is 0 Å². The second kappa shape index (κ2) is 6.46. The molecule has 2 atom stereocenters. The zero-order valence-corrected chi connectivity index (χ0v) is 15.4. The van der Waals surface area contributed by atoms with Crippen molar-refractivity contribution in [3.63, 3.8) is 0 Å². The van der Waals surface area contributed by atoms with E-state index in [0.717, 1.165) is 42.4 Å². The molecule has 3 aromatic rings. The molecule has 138 valence electrons. The minimum atomic E-state index is 0.0856. The first-order valence-corrected chi connectivity index (χ1v) is 9.56. The van der Waals surface area contributed by atoms with E-state index in [-0.39, 0.29) is 5.56 Å². The van der Waals surface area contributed by atoms with Gasteiger partial charge in [-0.3, -0.25) is 9.78 Å². The Bertz CT molecular complexity index is 1050. The Labute approximate surface area is 157 Å². The van der Waals surface area contributed by atoms with Gasteiger partial charge < -0.3 is 14.5 Å². The zero-order chi connectivity index (χ0) is 18.4. The highest BCUT2D eigenvalue weighted by Crippen LogP contribution is 2.32. The van der Waals surface area contributed by atoms with Crippen molar-refractivity contribution in [1.29, 1.82) is 0 Å². The Balaban J connectivity index is 1.54. The quantitative estimate of drug-likeness (QED) is 0.777. The Hall–Kier alpha value is -2.73. The minimum Gasteiger partial charge on any atom is -0.326 e. The molecule has 2 bridgehead atoms. The molecule has 5 heterocycles. The third-order valence-electron chi connectivity index (χ3n) is 5.78. The van der Waals surface area contributed by atoms with E-state index < -0.39 is 0 Å². The number of hydrogen-bond donors (Lipinski definition) is 1. The summed E-state index contributed by atoms with van der Waals surface area (Å²) in [5.74, 6) is 1.72. The van der Waals surface area contributed by atoms with Gasteiger partial charge in [-0.1, -0.05) is 0 Å². The molecule has 0 amide bonds. The summed E-state index contributed by atoms with van der Waals surface area (Å²) in [5, 5.41) is 3.49. The van der Waals surface area contributed by atoms with Gasteiger partial charge >= 0.3 is 0 Å². The van der Waals surface area contributed by atoms with Crippen LogP contribution in [0.15, 0.2) is 47.7 Å². The zero-order valence-electron chi connectivity index (χ0n) is 15.4. The topological polar surface area (TPSA) is 64.7 Å². The first kappa shape index (κ1) is 16.4. The van der Waals surface area contributed by atoms with Gasteiger partial charge in [-0.2, -0.15) is 0 Å². The molecular formula is C21H23N5O. The van der Waals surface area contributed by atoms with Gasteiger partial charge in [0.15, 0.2) is 0 Å². The number of aromatic nitrogens is 4. The SMILES string of the molecule is Cc1cc(Cn2ccnc2-c2ccc3n(c2=O)C[C@@H]2CNC[C@H]3C2)ccn1. The van der Waals surface area contributed by atoms with E-state index in [1.807, 2.05) is 40.6 Å². The number of pyridine rings is 2. The van der Waals surface area contributed by atoms with E-state index in [0.29, 0.717) is 23.9 Å². The Kier molecular flexibility index (Phi) is 3.93. The van der Waals surface area contributed by atoms with E-state index in [4.69, 9.17) is 0 Å². The average molecular weight is 361 g/mol. The van der Waals surface area contributed by atoms with Crippen LogP contribution in [0.3, 0.4) is 0 Å². The first-order valence-electron chi connectivity index (χ1n) is 9.56. The van der Waals surface area contributed by atoms with Gasteiger partial charge in [0.1, 0.15) is 5.82 Å². The summed E-state index contributed by atoms with van der Waals surface area (Å²) in [5.41, 5.74) is 4.07. The second-order valence-electron chi connectivity index (χ2n) is 7.73. The van der Waals surface area contributed by atoms with Crippen LogP contribution < -0.4 is 10.9 Å². The van der Waals surface area contributed by atoms with Crippen molar-refractivity contribution < 1.29 is 0 Å². The number of nitrogens with zero attached hydrogens (tertiary/aromatic N) is 4. The normalized spacial score (nSPS) is 21.1. The number of imidazole rings is 1. The maximum absolute atomic E-state index is 13.3. The molecular weight excluding hydrogens is 338 g/mol. The van der Waals surface area contributed by atoms with Crippen molar-refractivity contribution in [3.8, 4) is 11.4 Å². The third kappa shape index (κ3) is 2.90. The Morgan fingerprint density at radius 3 is 3.00 bits per heavy atom. The standard InChI is InChI=1S/C21H23N5O/c1-14-8-15(4-5-23-14)12-25-7-6-24-20(25)18-2-3-19-17-9-16(10-22-11-17)13-26(19)21(18)27/h2-8,16-17,22H,9-13H2,1H3/t16-,17+/m0/s1. The number of fused-ring (bicyclic) bond motifs is 4. The first-order chi connectivity index (χ1) is 13.2. The number of aryl methyl sites for hydroxylation is 1. The van der Waals surface area contributed by atoms with Gasteiger partial charge in [-0.05, 0) is 55.6 Å². The van der Waals surface area contributed by atoms with Crippen LogP contribution in [0.5, 0.6) is 0 Å². The van der Waals surface area contributed by atoms with Crippen molar-refractivity contribution in [1.82, 2.24) is 24.4 Å². The lowest BCUT2D eigenvalue weighted by Crippen LogP contribution is -2.45. The van der Waals surface area contributed by atoms with E-state index in [1.54, 1.807) is 6.20 Å². The summed E-state index contributed by atoms with van der Waals surface area (Å²) in [4.78, 5) is 22.0. The summed E-state index contributed by atoms with van der Waals surface area (Å²) < 4.78 is 4.04. The maximum Gasteiger partial charge on any atom is 0.261 e. The molecule has 27 heavy (non-hydrogen) atoms. The molecule has 3 aromatic heterocycles. The minimum absolute atomic E-state index is 0.0856. The number of piperidine rings is 1. The van der Waals surface area contributed by atoms with Gasteiger partial charge in [-0.15, -0.1) is 0 Å². The van der Waals surface area contributed by atoms with E-state index in [1.165, 1.54) is 6.42 Å². The summed E-state index contributed by atoms with van der Waals surface area (Å²) in [6.07, 6.45) is 6.71. The third-order valence-corrected chi connectivity index (χ3v) is 5.78. The smallest absolute Gasteiger partial charge is 0.261 e. The van der Waals surface area contributed by atoms with Crippen LogP contribution in [0, 0.1) is 12.8 Å². The van der Waals surface area contributed by atoms with Crippen LogP contribution in [-0.2, 0) is 13.1 Å². The van der Waals surface area contributed by atoms with Gasteiger partial charge in [0.2, 0.25) is 0 Å². The van der Waals surface area contributed by atoms with E-state index in [9.17, 15) is 4.79 Å². The number of rotatable bonds is 3. The molecule has 0 aliphatic carbocycles. The molecule has 0 saturated carbocycles. The average Bonchev–Trinajstić information content (AvgIpc) is 3.11. The highest BCUT2D eigenvalue weighted by Gasteiger charge is 2.31. The number of nitrogens with one attached hydrogen (secondary N) is 1. The molecule has 0 aromatic carbocycles. The van der Waals surface area contributed by atoms with Gasteiger partial charge in [0.25, 0.3) is 5.56 Å². The summed E-state index contributed by atoms with van der Waals surface area (Å²) in [6, 6.07) is 8.16. The predicted molar refractivity (Wildman–Crippen MR) is 104 cm³/mol. The van der Waals surface area contributed by atoms with Crippen LogP contribution in [0.2, 0.25) is 0 Å². The fourth-order valence-electron chi connectivity index (χ4n) is 4.54. The molecule has 2 aliphatic rings. The molecule has 5 rings (SSSR count). The molecule has 6 nitrogen and oxygen atoms in total. The van der Waals surface area contributed by atoms with Crippen molar-refractivity contribution in [2.45, 2.75) is 32.4 Å². The molecule has 0 unspecified atom stereocenters. The molecule has 1 saturated heterocycles. The highest BCUT2D eigenvalue weighted by atomic mass is 16.1. The monoisotopic (exact) mass is 361 g/mol. The highest BCUT2D eigenvalue weighted by molar-refractivity contribution is 5.55. The van der Waals surface area contributed by atoms with Gasteiger partial charge in [0.05, 0.1) is 5.56 Å². The fourth-order valence-corrected chi connectivity index (χ4v) is 4.54. The van der Waals surface area contributed by atoms with Gasteiger partial charge in [-0.25, -0.2) is 4.98 Å². The molecule has 1 fully saturated rings. The van der Waals surface area contributed by atoms with Crippen LogP contribution in [-0.4, -0.2) is 32.2 Å². The van der Waals surface area contributed by atoms with Crippen molar-refractivity contribution in [2.24, 2.45) is 5.92 Å². The molecule has 0 radical (unpaired) electrons. The largest absolute Gasteiger partial charge is 0.326 e. The molecule has 6 heteroatoms. The van der Waals surface area contributed by atoms with Gasteiger partial charge in [0, 0.05) is 55.5 Å². The van der Waals surface area contributed by atoms with Crippen molar-refractivity contribution >= 4 is 0 Å².